The van der Waals surface area contributed by atoms with Crippen molar-refractivity contribution in [2.45, 2.75) is 44.6 Å². The van der Waals surface area contributed by atoms with Crippen molar-refractivity contribution in [3.8, 4) is 0 Å². The van der Waals surface area contributed by atoms with Crippen molar-refractivity contribution >= 4 is 31.9 Å². The highest BCUT2D eigenvalue weighted by molar-refractivity contribution is 9.10. The second-order valence-electron chi connectivity index (χ2n) is 7.12. The van der Waals surface area contributed by atoms with Gasteiger partial charge in [0.15, 0.2) is 5.69 Å². The van der Waals surface area contributed by atoms with Gasteiger partial charge in [0.2, 0.25) is 0 Å². The Balaban J connectivity index is 1.65. The molecule has 9 nitrogen and oxygen atoms in total. The van der Waals surface area contributed by atoms with E-state index in [1.807, 2.05) is 0 Å². The lowest BCUT2D eigenvalue weighted by Gasteiger charge is -2.27. The van der Waals surface area contributed by atoms with Crippen LogP contribution < -0.4 is 9.86 Å². The molecule has 29 heavy (non-hydrogen) atoms. The lowest BCUT2D eigenvalue weighted by Crippen LogP contribution is -2.41. The summed E-state index contributed by atoms with van der Waals surface area (Å²) in [7, 11) is -3.71. The average molecular weight is 490 g/mol. The molecule has 1 fully saturated rings. The Morgan fingerprint density at radius 3 is 2.69 bits per heavy atom. The maximum absolute atomic E-state index is 13.4. The predicted octanol–water partition coefficient (Wildman–Crippen LogP) is 2.29. The summed E-state index contributed by atoms with van der Waals surface area (Å²) in [5, 5.41) is 25.7. The number of aromatic nitrogens is 2. The van der Waals surface area contributed by atoms with Crippen molar-refractivity contribution in [1.82, 2.24) is 15.0 Å². The van der Waals surface area contributed by atoms with Gasteiger partial charge < -0.3 is 5.21 Å². The Kier molecular flexibility index (Phi) is 6.98. The van der Waals surface area contributed by atoms with E-state index in [-0.39, 0.29) is 29.9 Å². The van der Waals surface area contributed by atoms with Crippen LogP contribution in [0.25, 0.3) is 0 Å². The smallest absolute Gasteiger partial charge is 0.274 e. The van der Waals surface area contributed by atoms with Gasteiger partial charge in [0.05, 0.1) is 4.47 Å². The highest BCUT2D eigenvalue weighted by Crippen LogP contribution is 2.28. The second-order valence-corrected chi connectivity index (χ2v) is 9.30. The molecule has 1 aliphatic rings. The molecule has 0 spiro atoms. The molecule has 0 radical (unpaired) electrons. The van der Waals surface area contributed by atoms with E-state index in [0.29, 0.717) is 35.1 Å². The molecule has 0 saturated heterocycles. The lowest BCUT2D eigenvalue weighted by atomic mass is 9.83. The standard InChI is InChI=1S/C17H21BrFN5O4S/c18-13-7-11(3-6-14(13)19)9-15(21-25)17-16(22-28-23-17)8-10-1-4-12(5-2-10)24-29(20,26)27/h3,6-7,10,12,24-25H,1-2,4-5,8-9H2,(H2,20,26,27)/b21-15+. The van der Waals surface area contributed by atoms with Crippen molar-refractivity contribution in [3.63, 3.8) is 0 Å². The van der Waals surface area contributed by atoms with E-state index in [9.17, 15) is 18.0 Å². The van der Waals surface area contributed by atoms with Crippen LogP contribution in [0.15, 0.2) is 32.5 Å². The molecule has 0 amide bonds. The quantitative estimate of drug-likeness (QED) is 0.309. The lowest BCUT2D eigenvalue weighted by molar-refractivity contribution is 0.286. The zero-order valence-corrected chi connectivity index (χ0v) is 17.8. The zero-order chi connectivity index (χ0) is 21.0. The minimum atomic E-state index is -3.71. The summed E-state index contributed by atoms with van der Waals surface area (Å²) in [6.07, 6.45) is 3.71. The molecule has 1 heterocycles. The number of oxime groups is 1. The van der Waals surface area contributed by atoms with Crippen LogP contribution in [0.4, 0.5) is 4.39 Å². The van der Waals surface area contributed by atoms with E-state index < -0.39 is 10.2 Å². The highest BCUT2D eigenvalue weighted by Gasteiger charge is 2.27. The summed E-state index contributed by atoms with van der Waals surface area (Å²) in [6, 6.07) is 4.36. The second kappa shape index (κ2) is 9.28. The Labute approximate surface area is 175 Å². The first kappa shape index (κ1) is 21.8. The number of nitrogens with zero attached hydrogens (tertiary/aromatic N) is 3. The molecule has 1 aromatic carbocycles. The summed E-state index contributed by atoms with van der Waals surface area (Å²) >= 11 is 3.14. The van der Waals surface area contributed by atoms with E-state index in [0.717, 1.165) is 18.4 Å². The van der Waals surface area contributed by atoms with Gasteiger partial charge >= 0.3 is 0 Å². The maximum atomic E-state index is 13.4. The molecule has 1 aliphatic carbocycles. The third-order valence-electron chi connectivity index (χ3n) is 4.97. The number of benzene rings is 1. The number of halogens is 2. The van der Waals surface area contributed by atoms with E-state index in [1.165, 1.54) is 6.07 Å². The van der Waals surface area contributed by atoms with Crippen LogP contribution in [0.2, 0.25) is 0 Å². The molecule has 2 aromatic rings. The summed E-state index contributed by atoms with van der Waals surface area (Å²) in [4.78, 5) is 0. The van der Waals surface area contributed by atoms with Crippen LogP contribution in [-0.4, -0.2) is 35.7 Å². The van der Waals surface area contributed by atoms with Gasteiger partial charge in [-0.15, -0.1) is 0 Å². The molecule has 4 N–H and O–H groups in total. The van der Waals surface area contributed by atoms with Crippen LogP contribution in [0.1, 0.15) is 42.6 Å². The molecule has 1 aromatic heterocycles. The molecule has 3 rings (SSSR count). The Morgan fingerprint density at radius 2 is 2.07 bits per heavy atom. The fraction of sp³-hybridized carbons (Fsp3) is 0.471. The first-order chi connectivity index (χ1) is 13.7. The van der Waals surface area contributed by atoms with Crippen molar-refractivity contribution in [3.05, 3.63) is 45.4 Å². The molecule has 0 bridgehead atoms. The molecule has 12 heteroatoms. The minimum Gasteiger partial charge on any atom is -0.411 e. The van der Waals surface area contributed by atoms with Gasteiger partial charge in [0, 0.05) is 12.5 Å². The monoisotopic (exact) mass is 489 g/mol. The molecular formula is C17H21BrFN5O4S. The fourth-order valence-corrected chi connectivity index (χ4v) is 4.69. The number of nitrogens with two attached hydrogens (primary N) is 1. The van der Waals surface area contributed by atoms with E-state index >= 15 is 0 Å². The van der Waals surface area contributed by atoms with Crippen LogP contribution in [0, 0.1) is 11.7 Å². The minimum absolute atomic E-state index is 0.164. The fourth-order valence-electron chi connectivity index (χ4n) is 3.56. The summed E-state index contributed by atoms with van der Waals surface area (Å²) in [6.45, 7) is 0. The van der Waals surface area contributed by atoms with Gasteiger partial charge in [-0.2, -0.15) is 13.1 Å². The van der Waals surface area contributed by atoms with E-state index in [4.69, 9.17) is 9.77 Å². The average Bonchev–Trinajstić information content (AvgIpc) is 3.11. The molecular weight excluding hydrogens is 469 g/mol. The first-order valence-corrected chi connectivity index (χ1v) is 11.4. The van der Waals surface area contributed by atoms with Gasteiger partial charge in [-0.05, 0) is 76.8 Å². The summed E-state index contributed by atoms with van der Waals surface area (Å²) < 4.78 is 43.4. The molecule has 0 atom stereocenters. The van der Waals surface area contributed by atoms with Crippen molar-refractivity contribution in [1.29, 1.82) is 0 Å². The van der Waals surface area contributed by atoms with Crippen LogP contribution in [0.5, 0.6) is 0 Å². The van der Waals surface area contributed by atoms with E-state index in [1.54, 1.807) is 12.1 Å². The first-order valence-electron chi connectivity index (χ1n) is 9.02. The summed E-state index contributed by atoms with van der Waals surface area (Å²) in [5.41, 5.74) is 1.93. The largest absolute Gasteiger partial charge is 0.411 e. The normalized spacial score (nSPS) is 20.7. The predicted molar refractivity (Wildman–Crippen MR) is 106 cm³/mol. The molecule has 0 unspecified atom stereocenters. The van der Waals surface area contributed by atoms with Crippen LogP contribution >= 0.6 is 15.9 Å². The van der Waals surface area contributed by atoms with Gasteiger partial charge in [0.1, 0.15) is 17.2 Å². The highest BCUT2D eigenvalue weighted by atomic mass is 79.9. The SMILES string of the molecule is NS(=O)(=O)NC1CCC(Cc2nonc2/C(Cc2ccc(F)c(Br)c2)=N/O)CC1. The number of nitrogens with one attached hydrogen (secondary N) is 1. The maximum Gasteiger partial charge on any atom is 0.274 e. The summed E-state index contributed by atoms with van der Waals surface area (Å²) in [5.74, 6) is -0.119. The third kappa shape index (κ3) is 6.04. The number of hydrogen-bond acceptors (Lipinski definition) is 7. The molecule has 1 saturated carbocycles. The van der Waals surface area contributed by atoms with Crippen molar-refractivity contribution in [2.75, 3.05) is 0 Å². The topological polar surface area (TPSA) is 144 Å². The zero-order valence-electron chi connectivity index (χ0n) is 15.4. The van der Waals surface area contributed by atoms with Gasteiger partial charge in [0.25, 0.3) is 10.2 Å². The van der Waals surface area contributed by atoms with Crippen LogP contribution in [0.3, 0.4) is 0 Å². The molecule has 0 aliphatic heterocycles. The van der Waals surface area contributed by atoms with Gasteiger partial charge in [-0.1, -0.05) is 16.4 Å². The number of rotatable bonds is 7. The van der Waals surface area contributed by atoms with Crippen molar-refractivity contribution in [2.24, 2.45) is 16.2 Å². The molecule has 158 valence electrons. The van der Waals surface area contributed by atoms with E-state index in [2.05, 4.69) is 36.1 Å². The van der Waals surface area contributed by atoms with Crippen LogP contribution in [-0.2, 0) is 23.1 Å². The Morgan fingerprint density at radius 1 is 1.34 bits per heavy atom. The van der Waals surface area contributed by atoms with Gasteiger partial charge in [-0.25, -0.2) is 14.2 Å². The third-order valence-corrected chi connectivity index (χ3v) is 6.24. The van der Waals surface area contributed by atoms with Gasteiger partial charge in [-0.3, -0.25) is 0 Å². The van der Waals surface area contributed by atoms with Crippen molar-refractivity contribution < 1.29 is 22.6 Å². The Bertz CT molecular complexity index is 989. The number of hydrogen-bond donors (Lipinski definition) is 3. The Hall–Kier alpha value is -1.89.